The van der Waals surface area contributed by atoms with E-state index >= 15 is 0 Å². The lowest BCUT2D eigenvalue weighted by atomic mass is 10.2. The summed E-state index contributed by atoms with van der Waals surface area (Å²) in [6.45, 7) is 2.87. The quantitative estimate of drug-likeness (QED) is 0.617. The molecule has 0 aliphatic heterocycles. The first-order valence-corrected chi connectivity index (χ1v) is 5.63. The third-order valence-corrected chi connectivity index (χ3v) is 2.25. The average Bonchev–Trinajstić information content (AvgIpc) is 2.23. The third-order valence-electron chi connectivity index (χ3n) is 2.25. The van der Waals surface area contributed by atoms with Crippen molar-refractivity contribution in [1.82, 2.24) is 0 Å². The van der Waals surface area contributed by atoms with Crippen LogP contribution in [0.5, 0.6) is 5.75 Å². The number of ether oxygens (including phenoxy) is 1. The zero-order chi connectivity index (χ0) is 10.9. The Kier molecular flexibility index (Phi) is 5.83. The maximum atomic E-state index is 12.7. The van der Waals surface area contributed by atoms with Crippen LogP contribution in [0.15, 0.2) is 18.2 Å². The normalized spacial score (nSPS) is 10.3. The van der Waals surface area contributed by atoms with Gasteiger partial charge in [-0.15, -0.1) is 0 Å². The molecule has 1 rings (SSSR count). The Morgan fingerprint density at radius 3 is 2.80 bits per heavy atom. The van der Waals surface area contributed by atoms with E-state index in [0.29, 0.717) is 12.4 Å². The molecule has 2 heteroatoms. The first-order chi connectivity index (χ1) is 7.33. The van der Waals surface area contributed by atoms with Crippen LogP contribution in [0.25, 0.3) is 0 Å². The summed E-state index contributed by atoms with van der Waals surface area (Å²) in [5, 5.41) is 0. The molecule has 0 unspecified atom stereocenters. The fraction of sp³-hybridized carbons (Fsp3) is 0.538. The van der Waals surface area contributed by atoms with Crippen molar-refractivity contribution >= 4 is 0 Å². The van der Waals surface area contributed by atoms with Crippen molar-refractivity contribution in [3.05, 3.63) is 30.1 Å². The van der Waals surface area contributed by atoms with Gasteiger partial charge >= 0.3 is 0 Å². The topological polar surface area (TPSA) is 9.23 Å². The van der Waals surface area contributed by atoms with Crippen molar-refractivity contribution in [3.63, 3.8) is 0 Å². The van der Waals surface area contributed by atoms with E-state index in [9.17, 15) is 4.39 Å². The zero-order valence-electron chi connectivity index (χ0n) is 9.26. The van der Waals surface area contributed by atoms with Gasteiger partial charge in [0.05, 0.1) is 6.61 Å². The van der Waals surface area contributed by atoms with E-state index in [4.69, 9.17) is 4.74 Å². The molecule has 0 heterocycles. The Morgan fingerprint density at radius 2 is 2.07 bits per heavy atom. The van der Waals surface area contributed by atoms with Gasteiger partial charge < -0.3 is 4.74 Å². The van der Waals surface area contributed by atoms with Crippen molar-refractivity contribution < 1.29 is 9.13 Å². The van der Waals surface area contributed by atoms with E-state index < -0.39 is 0 Å². The van der Waals surface area contributed by atoms with Crippen LogP contribution in [0.3, 0.4) is 0 Å². The number of rotatable bonds is 7. The second-order valence-corrected chi connectivity index (χ2v) is 3.63. The molecule has 0 atom stereocenters. The molecule has 0 aliphatic rings. The molecule has 0 fully saturated rings. The number of halogens is 1. The molecule has 0 aliphatic carbocycles. The van der Waals surface area contributed by atoms with Gasteiger partial charge in [0.2, 0.25) is 0 Å². The number of unbranched alkanes of at least 4 members (excludes halogenated alkanes) is 4. The molecule has 0 bridgehead atoms. The molecule has 15 heavy (non-hydrogen) atoms. The van der Waals surface area contributed by atoms with Gasteiger partial charge in [0.1, 0.15) is 11.6 Å². The summed E-state index contributed by atoms with van der Waals surface area (Å²) < 4.78 is 18.1. The largest absolute Gasteiger partial charge is 0.493 e. The van der Waals surface area contributed by atoms with Crippen LogP contribution >= 0.6 is 0 Å². The van der Waals surface area contributed by atoms with Crippen LogP contribution in [0.4, 0.5) is 4.39 Å². The molecule has 0 amide bonds. The van der Waals surface area contributed by atoms with Crippen LogP contribution in [0.1, 0.15) is 39.0 Å². The highest BCUT2D eigenvalue weighted by Gasteiger charge is 1.95. The maximum Gasteiger partial charge on any atom is 0.134 e. The molecule has 0 saturated carbocycles. The number of benzene rings is 1. The van der Waals surface area contributed by atoms with Crippen molar-refractivity contribution in [2.24, 2.45) is 0 Å². The number of hydrogen-bond donors (Lipinski definition) is 0. The minimum Gasteiger partial charge on any atom is -0.493 e. The Morgan fingerprint density at radius 1 is 1.27 bits per heavy atom. The fourth-order valence-corrected chi connectivity index (χ4v) is 1.40. The summed E-state index contributed by atoms with van der Waals surface area (Å²) >= 11 is 0. The zero-order valence-corrected chi connectivity index (χ0v) is 9.26. The molecule has 1 nitrogen and oxygen atoms in total. The smallest absolute Gasteiger partial charge is 0.134 e. The highest BCUT2D eigenvalue weighted by Crippen LogP contribution is 2.12. The van der Waals surface area contributed by atoms with E-state index in [1.54, 1.807) is 12.1 Å². The van der Waals surface area contributed by atoms with Crippen molar-refractivity contribution in [3.8, 4) is 5.75 Å². The number of hydrogen-bond acceptors (Lipinski definition) is 1. The Bertz CT molecular complexity index is 273. The van der Waals surface area contributed by atoms with E-state index in [0.717, 1.165) is 6.42 Å². The van der Waals surface area contributed by atoms with E-state index in [1.165, 1.54) is 31.7 Å². The SMILES string of the molecule is CCCCCCCOc1cc[c]c(F)c1. The molecule has 1 radical (unpaired) electrons. The second kappa shape index (κ2) is 7.27. The summed E-state index contributed by atoms with van der Waals surface area (Å²) in [6.07, 6.45) is 6.03. The Balaban J connectivity index is 2.10. The maximum absolute atomic E-state index is 12.7. The summed E-state index contributed by atoms with van der Waals surface area (Å²) in [4.78, 5) is 0. The Labute approximate surface area is 91.3 Å². The third kappa shape index (κ3) is 5.40. The van der Waals surface area contributed by atoms with E-state index in [-0.39, 0.29) is 5.82 Å². The highest BCUT2D eigenvalue weighted by molar-refractivity contribution is 5.21. The molecule has 0 N–H and O–H groups in total. The van der Waals surface area contributed by atoms with Crippen LogP contribution in [-0.2, 0) is 0 Å². The summed E-state index contributed by atoms with van der Waals surface area (Å²) in [7, 11) is 0. The molecule has 1 aromatic carbocycles. The predicted octanol–water partition coefficient (Wildman–Crippen LogP) is 3.98. The fourth-order valence-electron chi connectivity index (χ4n) is 1.40. The van der Waals surface area contributed by atoms with Gasteiger partial charge in [0.15, 0.2) is 0 Å². The molecular formula is C13H18FO. The van der Waals surface area contributed by atoms with Crippen molar-refractivity contribution in [2.45, 2.75) is 39.0 Å². The standard InChI is InChI=1S/C13H18FO/c1-2-3-4-5-6-10-15-13-9-7-8-12(14)11-13/h7,9,11H,2-6,10H2,1H3. The van der Waals surface area contributed by atoms with Crippen molar-refractivity contribution in [2.75, 3.05) is 6.61 Å². The molecular weight excluding hydrogens is 191 g/mol. The van der Waals surface area contributed by atoms with E-state index in [2.05, 4.69) is 13.0 Å². The molecule has 0 saturated heterocycles. The van der Waals surface area contributed by atoms with Crippen LogP contribution in [0, 0.1) is 11.9 Å². The summed E-state index contributed by atoms with van der Waals surface area (Å²) in [6, 6.07) is 7.09. The van der Waals surface area contributed by atoms with Crippen LogP contribution < -0.4 is 4.74 Å². The van der Waals surface area contributed by atoms with Gasteiger partial charge in [-0.1, -0.05) is 32.6 Å². The molecule has 0 aromatic heterocycles. The minimum atomic E-state index is -0.363. The Hall–Kier alpha value is -1.05. The van der Waals surface area contributed by atoms with Gasteiger partial charge in [-0.3, -0.25) is 0 Å². The summed E-state index contributed by atoms with van der Waals surface area (Å²) in [5.41, 5.74) is 0. The predicted molar refractivity (Wildman–Crippen MR) is 59.5 cm³/mol. The first kappa shape index (κ1) is 12.0. The second-order valence-electron chi connectivity index (χ2n) is 3.63. The highest BCUT2D eigenvalue weighted by atomic mass is 19.1. The lowest BCUT2D eigenvalue weighted by molar-refractivity contribution is 0.303. The van der Waals surface area contributed by atoms with Gasteiger partial charge in [-0.25, -0.2) is 4.39 Å². The van der Waals surface area contributed by atoms with E-state index in [1.807, 2.05) is 0 Å². The van der Waals surface area contributed by atoms with Crippen molar-refractivity contribution in [1.29, 1.82) is 0 Å². The van der Waals surface area contributed by atoms with Crippen LogP contribution in [-0.4, -0.2) is 6.61 Å². The van der Waals surface area contributed by atoms with Gasteiger partial charge in [0.25, 0.3) is 0 Å². The monoisotopic (exact) mass is 209 g/mol. The molecule has 83 valence electrons. The molecule has 1 aromatic rings. The average molecular weight is 209 g/mol. The van der Waals surface area contributed by atoms with Crippen LogP contribution in [0.2, 0.25) is 0 Å². The molecule has 0 spiro atoms. The van der Waals surface area contributed by atoms with Gasteiger partial charge in [-0.2, -0.15) is 0 Å². The lowest BCUT2D eigenvalue weighted by Gasteiger charge is -2.05. The minimum absolute atomic E-state index is 0.363. The lowest BCUT2D eigenvalue weighted by Crippen LogP contribution is -1.97. The van der Waals surface area contributed by atoms with Gasteiger partial charge in [0, 0.05) is 12.1 Å². The van der Waals surface area contributed by atoms with Gasteiger partial charge in [-0.05, 0) is 18.6 Å². The summed E-state index contributed by atoms with van der Waals surface area (Å²) in [5.74, 6) is 0.236. The first-order valence-electron chi connectivity index (χ1n) is 5.63.